The van der Waals surface area contributed by atoms with Crippen LogP contribution in [0.3, 0.4) is 0 Å². The number of rotatable bonds is 6. The van der Waals surface area contributed by atoms with Crippen LogP contribution in [0.1, 0.15) is 92.5 Å². The molecule has 0 saturated carbocycles. The summed E-state index contributed by atoms with van der Waals surface area (Å²) >= 11 is 0. The van der Waals surface area contributed by atoms with E-state index in [1.807, 2.05) is 6.08 Å². The smallest absolute Gasteiger partial charge is 0.303 e. The normalized spacial score (nSPS) is 16.0. The van der Waals surface area contributed by atoms with Gasteiger partial charge in [-0.15, -0.1) is 0 Å². The van der Waals surface area contributed by atoms with Crippen LogP contribution in [0, 0.1) is 0 Å². The van der Waals surface area contributed by atoms with Gasteiger partial charge in [0.25, 0.3) is 0 Å². The lowest BCUT2D eigenvalue weighted by molar-refractivity contribution is -0.136. The molecule has 52 heavy (non-hydrogen) atoms. The van der Waals surface area contributed by atoms with Crippen LogP contribution in [0.4, 0.5) is 0 Å². The lowest BCUT2D eigenvalue weighted by atomic mass is 9.79. The van der Waals surface area contributed by atoms with Crippen LogP contribution in [-0.2, 0) is 27.5 Å². The third-order valence-corrected chi connectivity index (χ3v) is 12.6. The molecule has 0 bridgehead atoms. The Morgan fingerprint density at radius 1 is 0.500 bits per heavy atom. The van der Waals surface area contributed by atoms with Gasteiger partial charge in [0.2, 0.25) is 0 Å². The third kappa shape index (κ3) is 4.59. The maximum Gasteiger partial charge on any atom is 0.303 e. The topological polar surface area (TPSA) is 37.3 Å². The van der Waals surface area contributed by atoms with E-state index < -0.39 is 5.97 Å². The van der Waals surface area contributed by atoms with Gasteiger partial charge in [-0.1, -0.05) is 139 Å². The number of hydrogen-bond acceptors (Lipinski definition) is 1. The van der Waals surface area contributed by atoms with Gasteiger partial charge >= 0.3 is 5.97 Å². The highest BCUT2D eigenvalue weighted by Gasteiger charge is 2.39. The van der Waals surface area contributed by atoms with Crippen molar-refractivity contribution < 1.29 is 9.90 Å². The molecule has 0 fully saturated rings. The number of hydrogen-bond donors (Lipinski definition) is 1. The minimum atomic E-state index is -0.758. The van der Waals surface area contributed by atoms with E-state index in [1.165, 1.54) is 94.6 Å². The van der Waals surface area contributed by atoms with Crippen molar-refractivity contribution >= 4 is 12.0 Å². The van der Waals surface area contributed by atoms with Crippen LogP contribution >= 0.6 is 0 Å². The van der Waals surface area contributed by atoms with E-state index in [4.69, 9.17) is 0 Å². The first-order valence-electron chi connectivity index (χ1n) is 18.5. The molecule has 0 amide bonds. The van der Waals surface area contributed by atoms with Gasteiger partial charge in [-0.25, -0.2) is 0 Å². The highest BCUT2D eigenvalue weighted by molar-refractivity contribution is 5.89. The predicted molar refractivity (Wildman–Crippen MR) is 216 cm³/mol. The van der Waals surface area contributed by atoms with Crippen LogP contribution in [0.2, 0.25) is 0 Å². The number of benzene rings is 6. The highest BCUT2D eigenvalue weighted by Crippen LogP contribution is 2.54. The maximum atomic E-state index is 11.2. The molecular weight excluding hydrogens is 633 g/mol. The average molecular weight is 677 g/mol. The molecule has 3 aliphatic rings. The summed E-state index contributed by atoms with van der Waals surface area (Å²) in [4.78, 5) is 11.2. The van der Waals surface area contributed by atoms with Crippen LogP contribution in [0.15, 0.2) is 116 Å². The molecule has 6 aromatic carbocycles. The number of carboxylic acid groups (broad SMARTS) is 1. The van der Waals surface area contributed by atoms with Crippen molar-refractivity contribution in [1.82, 2.24) is 0 Å². The Labute approximate surface area is 307 Å². The summed E-state index contributed by atoms with van der Waals surface area (Å²) in [6, 6.07) is 41.3. The molecule has 1 N–H and O–H groups in total. The molecule has 0 unspecified atom stereocenters. The molecule has 3 aliphatic carbocycles. The van der Waals surface area contributed by atoms with Crippen LogP contribution in [0.5, 0.6) is 0 Å². The predicted octanol–water partition coefficient (Wildman–Crippen LogP) is 12.6. The zero-order valence-corrected chi connectivity index (χ0v) is 30.9. The van der Waals surface area contributed by atoms with Crippen molar-refractivity contribution in [1.29, 1.82) is 0 Å². The van der Waals surface area contributed by atoms with Gasteiger partial charge in [-0.2, -0.15) is 0 Å². The largest absolute Gasteiger partial charge is 0.481 e. The molecule has 0 atom stereocenters. The Morgan fingerprint density at radius 3 is 1.19 bits per heavy atom. The lowest BCUT2D eigenvalue weighted by Gasteiger charge is -2.24. The second-order valence-electron chi connectivity index (χ2n) is 16.7. The molecule has 0 saturated heterocycles. The standard InChI is InChI=1S/C50H44O2/c1-8-29-9-16-35-37-18-12-31(25-43(37)48(2,3)41(35)23-29)33-14-20-39-40-21-15-34(28-46(40)50(6,7)45(39)27-33)32-13-19-38-36-17-10-30(11-22-47(51)52)24-42(36)49(4,5)44(38)26-32/h8-10,12-21,23-28H,1,11,22H2,2-7H3,(H,51,52). The Morgan fingerprint density at radius 2 is 0.827 bits per heavy atom. The van der Waals surface area contributed by atoms with Gasteiger partial charge < -0.3 is 5.11 Å². The summed E-state index contributed by atoms with van der Waals surface area (Å²) in [5, 5.41) is 9.23. The fourth-order valence-electron chi connectivity index (χ4n) is 9.53. The van der Waals surface area contributed by atoms with Gasteiger partial charge in [0.15, 0.2) is 0 Å². The third-order valence-electron chi connectivity index (χ3n) is 12.6. The van der Waals surface area contributed by atoms with Gasteiger partial charge in [0.05, 0.1) is 0 Å². The zero-order chi connectivity index (χ0) is 36.3. The molecule has 0 heterocycles. The van der Waals surface area contributed by atoms with E-state index in [1.54, 1.807) is 0 Å². The van der Waals surface area contributed by atoms with Crippen LogP contribution in [0.25, 0.3) is 61.7 Å². The van der Waals surface area contributed by atoms with Crippen molar-refractivity contribution in [3.05, 3.63) is 160 Å². The van der Waals surface area contributed by atoms with Crippen molar-refractivity contribution in [3.8, 4) is 55.6 Å². The monoisotopic (exact) mass is 676 g/mol. The number of aliphatic carboxylic acids is 1. The number of carboxylic acids is 1. The first kappa shape index (κ1) is 32.4. The molecule has 2 heteroatoms. The van der Waals surface area contributed by atoms with E-state index in [9.17, 15) is 9.90 Å². The molecule has 2 nitrogen and oxygen atoms in total. The second kappa shape index (κ2) is 11.0. The van der Waals surface area contributed by atoms with E-state index in [-0.39, 0.29) is 22.7 Å². The summed E-state index contributed by atoms with van der Waals surface area (Å²) in [6.07, 6.45) is 2.63. The fourth-order valence-corrected chi connectivity index (χ4v) is 9.53. The number of carbonyl (C=O) groups is 1. The Bertz CT molecular complexity index is 2540. The molecular formula is C50H44O2. The summed E-state index contributed by atoms with van der Waals surface area (Å²) in [5.74, 6) is -0.758. The molecule has 0 radical (unpaired) electrons. The molecule has 0 spiro atoms. The Kier molecular flexibility index (Phi) is 6.87. The molecule has 256 valence electrons. The quantitative estimate of drug-likeness (QED) is 0.191. The van der Waals surface area contributed by atoms with Crippen molar-refractivity contribution in [2.24, 2.45) is 0 Å². The Balaban J connectivity index is 1.05. The maximum absolute atomic E-state index is 11.2. The summed E-state index contributed by atoms with van der Waals surface area (Å²) in [6.45, 7) is 18.0. The minimum Gasteiger partial charge on any atom is -0.481 e. The first-order valence-corrected chi connectivity index (χ1v) is 18.5. The van der Waals surface area contributed by atoms with Gasteiger partial charge in [-0.05, 0) is 131 Å². The van der Waals surface area contributed by atoms with Gasteiger partial charge in [0.1, 0.15) is 0 Å². The van der Waals surface area contributed by atoms with Crippen molar-refractivity contribution in [3.63, 3.8) is 0 Å². The first-order chi connectivity index (χ1) is 24.8. The Hall–Kier alpha value is -5.47. The van der Waals surface area contributed by atoms with Crippen LogP contribution < -0.4 is 0 Å². The minimum absolute atomic E-state index is 0.0806. The van der Waals surface area contributed by atoms with Crippen molar-refractivity contribution in [2.75, 3.05) is 0 Å². The number of fused-ring (bicyclic) bond motifs is 9. The highest BCUT2D eigenvalue weighted by atomic mass is 16.4. The van der Waals surface area contributed by atoms with Crippen LogP contribution in [-0.4, -0.2) is 11.1 Å². The fraction of sp³-hybridized carbons (Fsp3) is 0.220. The van der Waals surface area contributed by atoms with Gasteiger partial charge in [-0.3, -0.25) is 4.79 Å². The average Bonchev–Trinajstić information content (AvgIpc) is 3.61. The number of aryl methyl sites for hydroxylation is 1. The summed E-state index contributed by atoms with van der Waals surface area (Å²) in [7, 11) is 0. The summed E-state index contributed by atoms with van der Waals surface area (Å²) < 4.78 is 0. The summed E-state index contributed by atoms with van der Waals surface area (Å²) in [5.41, 5.74) is 22.8. The van der Waals surface area contributed by atoms with E-state index in [0.717, 1.165) is 5.56 Å². The molecule has 9 rings (SSSR count). The molecule has 0 aliphatic heterocycles. The van der Waals surface area contributed by atoms with E-state index in [2.05, 4.69) is 157 Å². The van der Waals surface area contributed by atoms with E-state index >= 15 is 0 Å². The molecule has 6 aromatic rings. The van der Waals surface area contributed by atoms with Gasteiger partial charge in [0, 0.05) is 22.7 Å². The molecule has 0 aromatic heterocycles. The lowest BCUT2D eigenvalue weighted by Crippen LogP contribution is -2.16. The SMILES string of the molecule is C=Cc1ccc2c(c1)C(C)(C)c1cc(-c3ccc4c(c3)C(C)(C)c3cc(-c5ccc6c(c5)C(C)(C)c5cc(CCC(=O)O)ccc5-6)ccc3-4)ccc1-2. The second-order valence-corrected chi connectivity index (χ2v) is 16.7. The van der Waals surface area contributed by atoms with Crippen molar-refractivity contribution in [2.45, 2.75) is 70.6 Å². The zero-order valence-electron chi connectivity index (χ0n) is 30.9. The van der Waals surface area contributed by atoms with E-state index in [0.29, 0.717) is 6.42 Å².